The van der Waals surface area contributed by atoms with Crippen molar-refractivity contribution < 1.29 is 4.39 Å². The zero-order valence-corrected chi connectivity index (χ0v) is 10.3. The van der Waals surface area contributed by atoms with Gasteiger partial charge in [-0.2, -0.15) is 0 Å². The third-order valence-electron chi connectivity index (χ3n) is 3.03. The second-order valence-electron chi connectivity index (χ2n) is 4.33. The van der Waals surface area contributed by atoms with Crippen LogP contribution in [0.5, 0.6) is 0 Å². The van der Waals surface area contributed by atoms with Crippen LogP contribution in [0.4, 0.5) is 4.39 Å². The zero-order chi connectivity index (χ0) is 13.1. The van der Waals surface area contributed by atoms with Gasteiger partial charge < -0.3 is 0 Å². The highest BCUT2D eigenvalue weighted by Gasteiger charge is 2.02. The summed E-state index contributed by atoms with van der Waals surface area (Å²) in [6.07, 6.45) is 3.54. The number of halogens is 1. The summed E-state index contributed by atoms with van der Waals surface area (Å²) >= 11 is 0. The van der Waals surface area contributed by atoms with E-state index in [4.69, 9.17) is 0 Å². The molecule has 0 amide bonds. The average Bonchev–Trinajstić information content (AvgIpc) is 2.48. The molecule has 0 aliphatic heterocycles. The van der Waals surface area contributed by atoms with Gasteiger partial charge in [-0.1, -0.05) is 30.3 Å². The predicted molar refractivity (Wildman–Crippen MR) is 75.1 cm³/mol. The van der Waals surface area contributed by atoms with Gasteiger partial charge in [-0.15, -0.1) is 0 Å². The molecule has 3 rings (SSSR count). The van der Waals surface area contributed by atoms with Crippen molar-refractivity contribution in [3.63, 3.8) is 0 Å². The topological polar surface area (TPSA) is 12.9 Å². The largest absolute Gasteiger partial charge is 0.265 e. The molecule has 0 fully saturated rings. The van der Waals surface area contributed by atoms with E-state index in [1.807, 2.05) is 36.4 Å². The fraction of sp³-hybridized carbons (Fsp3) is 0. The lowest BCUT2D eigenvalue weighted by Gasteiger charge is -2.06. The molecule has 0 bridgehead atoms. The van der Waals surface area contributed by atoms with Crippen molar-refractivity contribution in [2.24, 2.45) is 0 Å². The fourth-order valence-electron chi connectivity index (χ4n) is 2.09. The molecule has 0 atom stereocenters. The second kappa shape index (κ2) is 5.02. The van der Waals surface area contributed by atoms with Crippen LogP contribution in [0.15, 0.2) is 73.1 Å². The lowest BCUT2D eigenvalue weighted by molar-refractivity contribution is 0.628. The van der Waals surface area contributed by atoms with Crippen LogP contribution in [0, 0.1) is 5.82 Å². The van der Waals surface area contributed by atoms with E-state index in [9.17, 15) is 4.39 Å². The van der Waals surface area contributed by atoms with Crippen molar-refractivity contribution in [1.29, 1.82) is 0 Å². The highest BCUT2D eigenvalue weighted by atomic mass is 19.1. The van der Waals surface area contributed by atoms with E-state index in [-0.39, 0.29) is 5.82 Å². The van der Waals surface area contributed by atoms with Crippen LogP contribution in [0.3, 0.4) is 0 Å². The zero-order valence-electron chi connectivity index (χ0n) is 10.3. The summed E-state index contributed by atoms with van der Waals surface area (Å²) in [5, 5.41) is 0. The van der Waals surface area contributed by atoms with E-state index in [2.05, 4.69) is 11.1 Å². The fourth-order valence-corrected chi connectivity index (χ4v) is 2.09. The van der Waals surface area contributed by atoms with E-state index in [0.29, 0.717) is 0 Å². The summed E-state index contributed by atoms with van der Waals surface area (Å²) in [7, 11) is 0. The van der Waals surface area contributed by atoms with Crippen LogP contribution < -0.4 is 0 Å². The van der Waals surface area contributed by atoms with Gasteiger partial charge in [-0.3, -0.25) is 4.98 Å². The summed E-state index contributed by atoms with van der Waals surface area (Å²) in [6.45, 7) is 0. The number of hydrogen-bond acceptors (Lipinski definition) is 1. The molecule has 0 aliphatic rings. The summed E-state index contributed by atoms with van der Waals surface area (Å²) in [4.78, 5) is 4.01. The summed E-state index contributed by atoms with van der Waals surface area (Å²) < 4.78 is 13.3. The Morgan fingerprint density at radius 1 is 0.632 bits per heavy atom. The predicted octanol–water partition coefficient (Wildman–Crippen LogP) is 4.55. The maximum atomic E-state index is 13.3. The van der Waals surface area contributed by atoms with E-state index < -0.39 is 0 Å². The number of benzene rings is 2. The summed E-state index contributed by atoms with van der Waals surface area (Å²) in [5.74, 6) is -0.216. The minimum absolute atomic E-state index is 0.216. The maximum absolute atomic E-state index is 13.3. The van der Waals surface area contributed by atoms with Crippen molar-refractivity contribution in [2.45, 2.75) is 0 Å². The second-order valence-corrected chi connectivity index (χ2v) is 4.33. The minimum atomic E-state index is -0.216. The number of rotatable bonds is 2. The van der Waals surface area contributed by atoms with Gasteiger partial charge in [0.2, 0.25) is 0 Å². The Labute approximate surface area is 111 Å². The first-order chi connectivity index (χ1) is 9.33. The molecule has 2 aromatic carbocycles. The standard InChI is InChI=1S/C17H12FN/c18-17-6-2-5-16(12-17)15-4-1-3-14(11-15)13-7-9-19-10-8-13/h1-12H. The van der Waals surface area contributed by atoms with Crippen LogP contribution in [0.1, 0.15) is 0 Å². The molecule has 0 radical (unpaired) electrons. The van der Waals surface area contributed by atoms with Crippen LogP contribution in [0.25, 0.3) is 22.3 Å². The van der Waals surface area contributed by atoms with Gasteiger partial charge in [0.25, 0.3) is 0 Å². The molecule has 0 unspecified atom stereocenters. The van der Waals surface area contributed by atoms with Crippen LogP contribution in [-0.2, 0) is 0 Å². The minimum Gasteiger partial charge on any atom is -0.265 e. The van der Waals surface area contributed by atoms with Gasteiger partial charge >= 0.3 is 0 Å². The number of pyridine rings is 1. The molecule has 1 heterocycles. The Balaban J connectivity index is 2.06. The summed E-state index contributed by atoms with van der Waals surface area (Å²) in [5.41, 5.74) is 4.10. The molecule has 0 aliphatic carbocycles. The van der Waals surface area contributed by atoms with Crippen molar-refractivity contribution in [2.75, 3.05) is 0 Å². The Bertz CT molecular complexity index is 692. The first-order valence-electron chi connectivity index (χ1n) is 6.09. The lowest BCUT2D eigenvalue weighted by Crippen LogP contribution is -1.83. The van der Waals surface area contributed by atoms with Gasteiger partial charge in [0.05, 0.1) is 0 Å². The number of aromatic nitrogens is 1. The molecule has 19 heavy (non-hydrogen) atoms. The Kier molecular flexibility index (Phi) is 3.07. The number of hydrogen-bond donors (Lipinski definition) is 0. The molecule has 3 aromatic rings. The van der Waals surface area contributed by atoms with Crippen LogP contribution in [0.2, 0.25) is 0 Å². The maximum Gasteiger partial charge on any atom is 0.123 e. The van der Waals surface area contributed by atoms with Crippen molar-refractivity contribution in [3.05, 3.63) is 78.9 Å². The summed E-state index contributed by atoms with van der Waals surface area (Å²) in [6, 6.07) is 18.6. The van der Waals surface area contributed by atoms with Gasteiger partial charge in [0.15, 0.2) is 0 Å². The van der Waals surface area contributed by atoms with E-state index in [1.165, 1.54) is 6.07 Å². The quantitative estimate of drug-likeness (QED) is 0.649. The molecule has 0 spiro atoms. The van der Waals surface area contributed by atoms with Crippen molar-refractivity contribution in [1.82, 2.24) is 4.98 Å². The van der Waals surface area contributed by atoms with Crippen molar-refractivity contribution in [3.8, 4) is 22.3 Å². The van der Waals surface area contributed by atoms with Gasteiger partial charge in [0.1, 0.15) is 5.82 Å². The van der Waals surface area contributed by atoms with Crippen LogP contribution in [-0.4, -0.2) is 4.98 Å². The molecule has 1 aromatic heterocycles. The molecule has 0 saturated carbocycles. The van der Waals surface area contributed by atoms with E-state index in [0.717, 1.165) is 22.3 Å². The Morgan fingerprint density at radius 3 is 1.89 bits per heavy atom. The molecule has 92 valence electrons. The number of nitrogens with zero attached hydrogens (tertiary/aromatic N) is 1. The molecule has 1 nitrogen and oxygen atoms in total. The molecular formula is C17H12FN. The molecule has 0 saturated heterocycles. The first kappa shape index (κ1) is 11.6. The smallest absolute Gasteiger partial charge is 0.123 e. The normalized spacial score (nSPS) is 10.4. The van der Waals surface area contributed by atoms with E-state index >= 15 is 0 Å². The highest BCUT2D eigenvalue weighted by Crippen LogP contribution is 2.26. The first-order valence-corrected chi connectivity index (χ1v) is 6.09. The van der Waals surface area contributed by atoms with Gasteiger partial charge in [0, 0.05) is 12.4 Å². The molecule has 2 heteroatoms. The third kappa shape index (κ3) is 2.52. The average molecular weight is 249 g/mol. The SMILES string of the molecule is Fc1cccc(-c2cccc(-c3ccncc3)c2)c1. The lowest BCUT2D eigenvalue weighted by atomic mass is 10.00. The molecular weight excluding hydrogens is 237 g/mol. The Morgan fingerprint density at radius 2 is 1.21 bits per heavy atom. The van der Waals surface area contributed by atoms with E-state index in [1.54, 1.807) is 24.5 Å². The Hall–Kier alpha value is -2.48. The van der Waals surface area contributed by atoms with Gasteiger partial charge in [-0.25, -0.2) is 4.39 Å². The van der Waals surface area contributed by atoms with Crippen LogP contribution >= 0.6 is 0 Å². The highest BCUT2D eigenvalue weighted by molar-refractivity contribution is 5.72. The molecule has 0 N–H and O–H groups in total. The van der Waals surface area contributed by atoms with Crippen molar-refractivity contribution >= 4 is 0 Å². The third-order valence-corrected chi connectivity index (χ3v) is 3.03. The van der Waals surface area contributed by atoms with Gasteiger partial charge in [-0.05, 0) is 52.6 Å². The monoisotopic (exact) mass is 249 g/mol.